The lowest BCUT2D eigenvalue weighted by molar-refractivity contribution is -0.384. The van der Waals surface area contributed by atoms with E-state index in [2.05, 4.69) is 10.3 Å². The van der Waals surface area contributed by atoms with Crippen LogP contribution in [-0.4, -0.2) is 36.5 Å². The standard InChI is InChI=1S/C26H21FN4O5S2/c27-21-10-8-19(9-11-21)18-4-6-20(7-5-18)26(32)30-38(35,36)22-12-13-23(24(17-22)31(33)34)28-15-16-37-25-3-1-2-14-29-25/h1-14,17,28H,15-16H2,(H,30,32). The first-order chi connectivity index (χ1) is 18.2. The summed E-state index contributed by atoms with van der Waals surface area (Å²) in [6, 6.07) is 20.7. The number of amides is 1. The highest BCUT2D eigenvalue weighted by Crippen LogP contribution is 2.28. The molecule has 3 aromatic carbocycles. The van der Waals surface area contributed by atoms with Gasteiger partial charge in [0.1, 0.15) is 11.5 Å². The maximum absolute atomic E-state index is 13.1. The quantitative estimate of drug-likeness (QED) is 0.120. The van der Waals surface area contributed by atoms with Gasteiger partial charge >= 0.3 is 0 Å². The summed E-state index contributed by atoms with van der Waals surface area (Å²) in [7, 11) is -4.39. The minimum atomic E-state index is -4.39. The minimum absolute atomic E-state index is 0.0672. The van der Waals surface area contributed by atoms with Gasteiger partial charge in [-0.15, -0.1) is 11.8 Å². The van der Waals surface area contributed by atoms with Crippen molar-refractivity contribution in [2.24, 2.45) is 0 Å². The Labute approximate surface area is 222 Å². The fraction of sp³-hybridized carbons (Fsp3) is 0.0769. The average Bonchev–Trinajstić information content (AvgIpc) is 2.92. The molecule has 4 rings (SSSR count). The molecule has 0 spiro atoms. The second-order valence-electron chi connectivity index (χ2n) is 7.90. The van der Waals surface area contributed by atoms with Gasteiger partial charge in [-0.3, -0.25) is 14.9 Å². The maximum Gasteiger partial charge on any atom is 0.293 e. The number of carbonyl (C=O) groups is 1. The molecule has 0 bridgehead atoms. The molecule has 2 N–H and O–H groups in total. The van der Waals surface area contributed by atoms with Crippen molar-refractivity contribution in [3.63, 3.8) is 0 Å². The predicted molar refractivity (Wildman–Crippen MR) is 143 cm³/mol. The number of thioether (sulfide) groups is 1. The first-order valence-corrected chi connectivity index (χ1v) is 13.7. The summed E-state index contributed by atoms with van der Waals surface area (Å²) in [6.45, 7) is 0.374. The normalized spacial score (nSPS) is 11.1. The van der Waals surface area contributed by atoms with E-state index in [4.69, 9.17) is 0 Å². The zero-order valence-electron chi connectivity index (χ0n) is 19.7. The lowest BCUT2D eigenvalue weighted by Crippen LogP contribution is -2.30. The first-order valence-electron chi connectivity index (χ1n) is 11.2. The van der Waals surface area contributed by atoms with Crippen molar-refractivity contribution in [3.05, 3.63) is 113 Å². The van der Waals surface area contributed by atoms with Crippen LogP contribution in [0.15, 0.2) is 101 Å². The van der Waals surface area contributed by atoms with Crippen molar-refractivity contribution in [1.29, 1.82) is 0 Å². The number of halogens is 1. The molecule has 4 aromatic rings. The molecule has 38 heavy (non-hydrogen) atoms. The highest BCUT2D eigenvalue weighted by atomic mass is 32.2. The highest BCUT2D eigenvalue weighted by Gasteiger charge is 2.24. The number of benzene rings is 3. The van der Waals surface area contributed by atoms with Gasteiger partial charge in [-0.2, -0.15) is 0 Å². The Morgan fingerprint density at radius 2 is 1.66 bits per heavy atom. The second-order valence-corrected chi connectivity index (χ2v) is 10.7. The molecule has 0 fully saturated rings. The van der Waals surface area contributed by atoms with Gasteiger partial charge in [0.15, 0.2) is 0 Å². The number of hydrogen-bond acceptors (Lipinski definition) is 8. The number of nitrogens with zero attached hydrogens (tertiary/aromatic N) is 2. The number of sulfonamides is 1. The largest absolute Gasteiger partial charge is 0.379 e. The zero-order valence-corrected chi connectivity index (χ0v) is 21.3. The molecule has 9 nitrogen and oxygen atoms in total. The number of hydrogen-bond donors (Lipinski definition) is 2. The first kappa shape index (κ1) is 26.8. The lowest BCUT2D eigenvalue weighted by atomic mass is 10.0. The van der Waals surface area contributed by atoms with Crippen LogP contribution in [0.4, 0.5) is 15.8 Å². The summed E-state index contributed by atoms with van der Waals surface area (Å²) in [5.41, 5.74) is 1.21. The van der Waals surface area contributed by atoms with E-state index >= 15 is 0 Å². The van der Waals surface area contributed by atoms with Gasteiger partial charge in [0.05, 0.1) is 14.8 Å². The molecule has 0 radical (unpaired) electrons. The van der Waals surface area contributed by atoms with Crippen LogP contribution in [0.25, 0.3) is 11.1 Å². The maximum atomic E-state index is 13.1. The van der Waals surface area contributed by atoms with Crippen LogP contribution in [0.5, 0.6) is 0 Å². The Kier molecular flexibility index (Phi) is 8.34. The summed E-state index contributed by atoms with van der Waals surface area (Å²) in [4.78, 5) is 27.3. The molecule has 0 unspecified atom stereocenters. The van der Waals surface area contributed by atoms with Crippen molar-refractivity contribution < 1.29 is 22.5 Å². The van der Waals surface area contributed by atoms with E-state index < -0.39 is 31.4 Å². The van der Waals surface area contributed by atoms with Gasteiger partial charge in [0.2, 0.25) is 0 Å². The predicted octanol–water partition coefficient (Wildman–Crippen LogP) is 5.12. The van der Waals surface area contributed by atoms with Crippen LogP contribution in [0, 0.1) is 15.9 Å². The van der Waals surface area contributed by atoms with E-state index in [9.17, 15) is 27.7 Å². The Hall–Kier alpha value is -4.29. The van der Waals surface area contributed by atoms with Crippen molar-refractivity contribution in [3.8, 4) is 11.1 Å². The van der Waals surface area contributed by atoms with Crippen LogP contribution < -0.4 is 10.0 Å². The van der Waals surface area contributed by atoms with E-state index in [1.165, 1.54) is 48.2 Å². The summed E-state index contributed by atoms with van der Waals surface area (Å²) in [5, 5.41) is 15.4. The van der Waals surface area contributed by atoms with Crippen LogP contribution in [0.2, 0.25) is 0 Å². The second kappa shape index (κ2) is 11.8. The van der Waals surface area contributed by atoms with Gasteiger partial charge in [-0.25, -0.2) is 22.5 Å². The smallest absolute Gasteiger partial charge is 0.293 e. The number of nitrogens with one attached hydrogen (secondary N) is 2. The molecule has 194 valence electrons. The summed E-state index contributed by atoms with van der Waals surface area (Å²) >= 11 is 1.46. The van der Waals surface area contributed by atoms with Crippen molar-refractivity contribution in [2.75, 3.05) is 17.6 Å². The molecule has 1 amide bonds. The Bertz CT molecular complexity index is 1550. The van der Waals surface area contributed by atoms with Crippen molar-refractivity contribution in [2.45, 2.75) is 9.92 Å². The molecule has 0 saturated heterocycles. The molecular weight excluding hydrogens is 531 g/mol. The number of anilines is 1. The zero-order chi connectivity index (χ0) is 27.1. The molecule has 0 atom stereocenters. The average molecular weight is 553 g/mol. The molecule has 0 aliphatic carbocycles. The Morgan fingerprint density at radius 3 is 2.29 bits per heavy atom. The molecule has 0 aliphatic rings. The number of rotatable bonds is 10. The third kappa shape index (κ3) is 6.72. The van der Waals surface area contributed by atoms with Gasteiger partial charge in [-0.1, -0.05) is 30.3 Å². The number of nitro benzene ring substituents is 1. The summed E-state index contributed by atoms with van der Waals surface area (Å²) in [6.07, 6.45) is 1.67. The van der Waals surface area contributed by atoms with Crippen LogP contribution in [0.1, 0.15) is 10.4 Å². The fourth-order valence-corrected chi connectivity index (χ4v) is 5.17. The summed E-state index contributed by atoms with van der Waals surface area (Å²) in [5.74, 6) is -0.699. The van der Waals surface area contributed by atoms with Gasteiger partial charge < -0.3 is 5.32 Å². The molecule has 1 aromatic heterocycles. The number of pyridine rings is 1. The molecule has 12 heteroatoms. The van der Waals surface area contributed by atoms with Gasteiger partial charge in [0, 0.05) is 30.1 Å². The monoisotopic (exact) mass is 552 g/mol. The molecular formula is C26H21FN4O5S2. The molecule has 1 heterocycles. The van der Waals surface area contributed by atoms with Crippen molar-refractivity contribution in [1.82, 2.24) is 9.71 Å². The van der Waals surface area contributed by atoms with Gasteiger partial charge in [-0.05, 0) is 59.7 Å². The van der Waals surface area contributed by atoms with E-state index in [0.717, 1.165) is 16.7 Å². The molecule has 0 aliphatic heterocycles. The number of aromatic nitrogens is 1. The van der Waals surface area contributed by atoms with Crippen LogP contribution in [0.3, 0.4) is 0 Å². The number of nitro groups is 1. The minimum Gasteiger partial charge on any atom is -0.379 e. The SMILES string of the molecule is O=C(NS(=O)(=O)c1ccc(NCCSc2ccccn2)c([N+](=O)[O-])c1)c1ccc(-c2ccc(F)cc2)cc1. The van der Waals surface area contributed by atoms with E-state index in [-0.39, 0.29) is 17.1 Å². The topological polar surface area (TPSA) is 131 Å². The third-order valence-corrected chi connectivity index (χ3v) is 7.61. The number of carbonyl (C=O) groups excluding carboxylic acids is 1. The van der Waals surface area contributed by atoms with E-state index in [0.29, 0.717) is 17.9 Å². The van der Waals surface area contributed by atoms with Crippen LogP contribution >= 0.6 is 11.8 Å². The molecule has 0 saturated carbocycles. The third-order valence-electron chi connectivity index (χ3n) is 5.33. The Balaban J connectivity index is 1.43. The highest BCUT2D eigenvalue weighted by molar-refractivity contribution is 7.99. The van der Waals surface area contributed by atoms with Crippen LogP contribution in [-0.2, 0) is 10.0 Å². The van der Waals surface area contributed by atoms with E-state index in [1.54, 1.807) is 36.5 Å². The Morgan fingerprint density at radius 1 is 0.974 bits per heavy atom. The van der Waals surface area contributed by atoms with Gasteiger partial charge in [0.25, 0.3) is 21.6 Å². The fourth-order valence-electron chi connectivity index (χ4n) is 3.45. The van der Waals surface area contributed by atoms with E-state index in [1.807, 2.05) is 16.9 Å². The lowest BCUT2D eigenvalue weighted by Gasteiger charge is -2.10. The van der Waals surface area contributed by atoms with Crippen molar-refractivity contribution >= 4 is 39.1 Å². The summed E-state index contributed by atoms with van der Waals surface area (Å²) < 4.78 is 40.7.